The predicted molar refractivity (Wildman–Crippen MR) is 77.0 cm³/mol. The van der Waals surface area contributed by atoms with Crippen LogP contribution in [0.15, 0.2) is 6.07 Å². The Kier molecular flexibility index (Phi) is 4.60. The Balaban J connectivity index is 2.09. The molecule has 0 atom stereocenters. The maximum Gasteiger partial charge on any atom is 0.272 e. The number of amides is 1. The highest BCUT2D eigenvalue weighted by Crippen LogP contribution is 2.22. The van der Waals surface area contributed by atoms with Gasteiger partial charge in [-0.3, -0.25) is 10.2 Å². The SMILES string of the molecule is CSC1CCN(C(=O)c2cc(C)nc(NN)n2)CC1. The first kappa shape index (κ1) is 14.1. The molecule has 1 aliphatic heterocycles. The van der Waals surface area contributed by atoms with E-state index >= 15 is 0 Å². The van der Waals surface area contributed by atoms with E-state index in [1.807, 2.05) is 23.6 Å². The van der Waals surface area contributed by atoms with Gasteiger partial charge in [0.15, 0.2) is 0 Å². The van der Waals surface area contributed by atoms with E-state index in [1.54, 1.807) is 6.07 Å². The molecule has 1 aliphatic rings. The van der Waals surface area contributed by atoms with Crippen LogP contribution in [0, 0.1) is 6.92 Å². The molecule has 0 aromatic carbocycles. The van der Waals surface area contributed by atoms with E-state index in [4.69, 9.17) is 5.84 Å². The number of rotatable bonds is 3. The number of aromatic nitrogens is 2. The Morgan fingerprint density at radius 2 is 2.16 bits per heavy atom. The monoisotopic (exact) mass is 281 g/mol. The fourth-order valence-corrected chi connectivity index (χ4v) is 2.88. The molecule has 1 aromatic heterocycles. The number of nitrogens with two attached hydrogens (primary N) is 1. The quantitative estimate of drug-likeness (QED) is 0.636. The van der Waals surface area contributed by atoms with E-state index < -0.39 is 0 Å². The summed E-state index contributed by atoms with van der Waals surface area (Å²) in [6.45, 7) is 3.40. The van der Waals surface area contributed by atoms with Crippen LogP contribution in [0.3, 0.4) is 0 Å². The van der Waals surface area contributed by atoms with Gasteiger partial charge in [-0.25, -0.2) is 15.8 Å². The summed E-state index contributed by atoms with van der Waals surface area (Å²) in [6, 6.07) is 1.70. The molecule has 1 amide bonds. The normalized spacial score (nSPS) is 16.5. The molecule has 19 heavy (non-hydrogen) atoms. The van der Waals surface area contributed by atoms with Crippen LogP contribution < -0.4 is 11.3 Å². The standard InChI is InChI=1S/C12H19N5OS/c1-8-7-10(15-12(14-8)16-13)11(18)17-5-3-9(19-2)4-6-17/h7,9H,3-6,13H2,1-2H3,(H,14,15,16). The van der Waals surface area contributed by atoms with Crippen LogP contribution in [0.5, 0.6) is 0 Å². The molecule has 2 rings (SSSR count). The first-order valence-electron chi connectivity index (χ1n) is 6.28. The number of hydrogen-bond acceptors (Lipinski definition) is 6. The average molecular weight is 281 g/mol. The molecule has 0 radical (unpaired) electrons. The topological polar surface area (TPSA) is 84.1 Å². The highest BCUT2D eigenvalue weighted by molar-refractivity contribution is 7.99. The maximum atomic E-state index is 12.4. The van der Waals surface area contributed by atoms with Crippen molar-refractivity contribution in [3.8, 4) is 0 Å². The van der Waals surface area contributed by atoms with E-state index in [0.717, 1.165) is 31.6 Å². The van der Waals surface area contributed by atoms with Crippen molar-refractivity contribution < 1.29 is 4.79 Å². The predicted octanol–water partition coefficient (Wildman–Crippen LogP) is 1.04. The molecule has 3 N–H and O–H groups in total. The maximum absolute atomic E-state index is 12.4. The van der Waals surface area contributed by atoms with Gasteiger partial charge in [0.1, 0.15) is 5.69 Å². The minimum atomic E-state index is -0.0402. The van der Waals surface area contributed by atoms with Gasteiger partial charge >= 0.3 is 0 Å². The lowest BCUT2D eigenvalue weighted by molar-refractivity contribution is 0.0721. The number of carbonyl (C=O) groups is 1. The van der Waals surface area contributed by atoms with Crippen molar-refractivity contribution in [2.75, 3.05) is 24.8 Å². The number of thioether (sulfide) groups is 1. The van der Waals surface area contributed by atoms with E-state index in [9.17, 15) is 4.79 Å². The molecule has 7 heteroatoms. The van der Waals surface area contributed by atoms with Gasteiger partial charge in [-0.05, 0) is 32.1 Å². The molecule has 2 heterocycles. The average Bonchev–Trinajstić information content (AvgIpc) is 2.46. The van der Waals surface area contributed by atoms with Crippen LogP contribution in [0.4, 0.5) is 5.95 Å². The van der Waals surface area contributed by atoms with Gasteiger partial charge in [-0.1, -0.05) is 0 Å². The fourth-order valence-electron chi connectivity index (χ4n) is 2.20. The molecule has 6 nitrogen and oxygen atoms in total. The van der Waals surface area contributed by atoms with Gasteiger partial charge in [0.25, 0.3) is 5.91 Å². The summed E-state index contributed by atoms with van der Waals surface area (Å²) < 4.78 is 0. The molecule has 0 aliphatic carbocycles. The Bertz CT molecular complexity index is 459. The second kappa shape index (κ2) is 6.21. The summed E-state index contributed by atoms with van der Waals surface area (Å²) in [5.41, 5.74) is 3.52. The van der Waals surface area contributed by atoms with E-state index in [1.165, 1.54) is 0 Å². The third kappa shape index (κ3) is 3.36. The Morgan fingerprint density at radius 3 is 2.74 bits per heavy atom. The fraction of sp³-hybridized carbons (Fsp3) is 0.583. The number of nitrogen functional groups attached to an aromatic ring is 1. The second-order valence-corrected chi connectivity index (χ2v) is 5.73. The summed E-state index contributed by atoms with van der Waals surface area (Å²) in [5.74, 6) is 5.54. The van der Waals surface area contributed by atoms with Crippen LogP contribution in [-0.2, 0) is 0 Å². The number of hydrazine groups is 1. The van der Waals surface area contributed by atoms with Crippen molar-refractivity contribution >= 4 is 23.6 Å². The van der Waals surface area contributed by atoms with Crippen molar-refractivity contribution in [2.45, 2.75) is 25.0 Å². The lowest BCUT2D eigenvalue weighted by atomic mass is 10.1. The summed E-state index contributed by atoms with van der Waals surface area (Å²) >= 11 is 1.87. The molecular formula is C12H19N5OS. The van der Waals surface area contributed by atoms with Crippen molar-refractivity contribution in [3.63, 3.8) is 0 Å². The number of likely N-dealkylation sites (tertiary alicyclic amines) is 1. The summed E-state index contributed by atoms with van der Waals surface area (Å²) in [7, 11) is 0. The van der Waals surface area contributed by atoms with Crippen molar-refractivity contribution in [1.82, 2.24) is 14.9 Å². The smallest absolute Gasteiger partial charge is 0.272 e. The Labute approximate surface area is 117 Å². The zero-order chi connectivity index (χ0) is 13.8. The molecule has 0 unspecified atom stereocenters. The van der Waals surface area contributed by atoms with E-state index in [-0.39, 0.29) is 11.9 Å². The summed E-state index contributed by atoms with van der Waals surface area (Å²) in [5, 5.41) is 0.664. The number of anilines is 1. The lowest BCUT2D eigenvalue weighted by Gasteiger charge is -2.31. The van der Waals surface area contributed by atoms with Crippen molar-refractivity contribution in [1.29, 1.82) is 0 Å². The van der Waals surface area contributed by atoms with Crippen molar-refractivity contribution in [3.05, 3.63) is 17.5 Å². The van der Waals surface area contributed by atoms with Crippen molar-refractivity contribution in [2.24, 2.45) is 5.84 Å². The number of nitrogens with one attached hydrogen (secondary N) is 1. The van der Waals surface area contributed by atoms with Crippen LogP contribution in [0.2, 0.25) is 0 Å². The lowest BCUT2D eigenvalue weighted by Crippen LogP contribution is -2.39. The number of piperidine rings is 1. The molecule has 104 valence electrons. The van der Waals surface area contributed by atoms with Gasteiger partial charge in [0, 0.05) is 24.0 Å². The minimum absolute atomic E-state index is 0.0402. The summed E-state index contributed by atoms with van der Waals surface area (Å²) in [6.07, 6.45) is 4.20. The number of hydrogen-bond donors (Lipinski definition) is 2. The molecule has 0 bridgehead atoms. The van der Waals surface area contributed by atoms with Gasteiger partial charge < -0.3 is 4.90 Å². The van der Waals surface area contributed by atoms with Gasteiger partial charge in [-0.15, -0.1) is 0 Å². The number of carbonyl (C=O) groups excluding carboxylic acids is 1. The first-order chi connectivity index (χ1) is 9.13. The van der Waals surface area contributed by atoms with Gasteiger partial charge in [0.05, 0.1) is 0 Å². The molecule has 0 spiro atoms. The van der Waals surface area contributed by atoms with Crippen LogP contribution in [0.1, 0.15) is 29.0 Å². The molecule has 1 fully saturated rings. The zero-order valence-corrected chi connectivity index (χ0v) is 12.0. The molecule has 0 saturated carbocycles. The van der Waals surface area contributed by atoms with Crippen LogP contribution >= 0.6 is 11.8 Å². The minimum Gasteiger partial charge on any atom is -0.337 e. The Morgan fingerprint density at radius 1 is 1.47 bits per heavy atom. The first-order valence-corrected chi connectivity index (χ1v) is 7.57. The number of aryl methyl sites for hydroxylation is 1. The van der Waals surface area contributed by atoms with E-state index in [2.05, 4.69) is 21.6 Å². The molecular weight excluding hydrogens is 262 g/mol. The van der Waals surface area contributed by atoms with Crippen LogP contribution in [-0.4, -0.2) is 45.4 Å². The van der Waals surface area contributed by atoms with Gasteiger partial charge in [0.2, 0.25) is 5.95 Å². The largest absolute Gasteiger partial charge is 0.337 e. The number of nitrogens with zero attached hydrogens (tertiary/aromatic N) is 3. The highest BCUT2D eigenvalue weighted by Gasteiger charge is 2.24. The molecule has 1 aromatic rings. The zero-order valence-electron chi connectivity index (χ0n) is 11.2. The van der Waals surface area contributed by atoms with Gasteiger partial charge in [-0.2, -0.15) is 11.8 Å². The summed E-state index contributed by atoms with van der Waals surface area (Å²) in [4.78, 5) is 22.4. The van der Waals surface area contributed by atoms with Crippen LogP contribution in [0.25, 0.3) is 0 Å². The molecule has 1 saturated heterocycles. The third-order valence-corrected chi connectivity index (χ3v) is 4.40. The third-order valence-electron chi connectivity index (χ3n) is 3.26. The highest BCUT2D eigenvalue weighted by atomic mass is 32.2. The van der Waals surface area contributed by atoms with E-state index in [0.29, 0.717) is 10.9 Å². The second-order valence-electron chi connectivity index (χ2n) is 4.59. The Hall–Kier alpha value is -1.34.